The topological polar surface area (TPSA) is 88.2 Å². The number of pyridine rings is 1. The highest BCUT2D eigenvalue weighted by molar-refractivity contribution is 8.76. The summed E-state index contributed by atoms with van der Waals surface area (Å²) >= 11 is 0. The fourth-order valence-electron chi connectivity index (χ4n) is 1.54. The Morgan fingerprint density at radius 3 is 2.90 bits per heavy atom. The van der Waals surface area contributed by atoms with Crippen LogP contribution in [0.5, 0.6) is 5.75 Å². The van der Waals surface area contributed by atoms with Crippen molar-refractivity contribution < 1.29 is 9.90 Å². The molecular formula is C14H15N3O2S2. The van der Waals surface area contributed by atoms with E-state index >= 15 is 0 Å². The lowest BCUT2D eigenvalue weighted by Crippen LogP contribution is -2.25. The van der Waals surface area contributed by atoms with Crippen molar-refractivity contribution in [1.29, 1.82) is 0 Å². The first-order valence-electron chi connectivity index (χ1n) is 6.24. The Morgan fingerprint density at radius 2 is 2.19 bits per heavy atom. The minimum Gasteiger partial charge on any atom is -0.507 e. The van der Waals surface area contributed by atoms with E-state index in [0.717, 1.165) is 10.8 Å². The van der Waals surface area contributed by atoms with Gasteiger partial charge in [0.15, 0.2) is 0 Å². The number of phenolic OH excluding ortho intramolecular Hbond substituents is 1. The average Bonchev–Trinajstić information content (AvgIpc) is 2.47. The van der Waals surface area contributed by atoms with E-state index in [1.165, 1.54) is 12.1 Å². The normalized spacial score (nSPS) is 10.3. The van der Waals surface area contributed by atoms with E-state index in [2.05, 4.69) is 10.3 Å². The molecule has 4 N–H and O–H groups in total. The van der Waals surface area contributed by atoms with Crippen LogP contribution in [0, 0.1) is 0 Å². The second-order valence-corrected chi connectivity index (χ2v) is 6.54. The predicted octanol–water partition coefficient (Wildman–Crippen LogP) is 2.54. The number of nitrogens with zero attached hydrogens (tertiary/aromatic N) is 1. The number of aromatic hydroxyl groups is 1. The summed E-state index contributed by atoms with van der Waals surface area (Å²) in [7, 11) is 3.17. The Hall–Kier alpha value is -1.86. The Labute approximate surface area is 130 Å². The van der Waals surface area contributed by atoms with Crippen LogP contribution in [0.1, 0.15) is 10.4 Å². The lowest BCUT2D eigenvalue weighted by atomic mass is 10.1. The Morgan fingerprint density at radius 1 is 1.33 bits per heavy atom. The molecule has 0 aliphatic carbocycles. The van der Waals surface area contributed by atoms with Crippen molar-refractivity contribution in [3.8, 4) is 5.75 Å². The van der Waals surface area contributed by atoms with E-state index < -0.39 is 0 Å². The molecule has 2 aromatic rings. The zero-order valence-corrected chi connectivity index (χ0v) is 12.8. The number of amides is 1. The van der Waals surface area contributed by atoms with Crippen molar-refractivity contribution in [3.05, 3.63) is 48.2 Å². The molecule has 0 saturated heterocycles. The smallest absolute Gasteiger partial charge is 0.255 e. The molecule has 0 saturated carbocycles. The number of anilines is 1. The van der Waals surface area contributed by atoms with Crippen molar-refractivity contribution in [3.63, 3.8) is 0 Å². The van der Waals surface area contributed by atoms with Gasteiger partial charge in [0.25, 0.3) is 5.91 Å². The lowest BCUT2D eigenvalue weighted by Gasteiger charge is -2.07. The standard InChI is InChI=1S/C14H15N3O2S2/c15-10-4-5-11(12(18)9-10)14(19)17-7-8-20-21-13-3-1-2-6-16-13/h1-6,9,18H,7-8,15H2,(H,17,19). The van der Waals surface area contributed by atoms with Gasteiger partial charge in [0.2, 0.25) is 0 Å². The molecule has 0 fully saturated rings. The van der Waals surface area contributed by atoms with E-state index in [1.54, 1.807) is 33.9 Å². The van der Waals surface area contributed by atoms with Crippen molar-refractivity contribution in [2.24, 2.45) is 0 Å². The van der Waals surface area contributed by atoms with Crippen molar-refractivity contribution in [2.75, 3.05) is 18.0 Å². The number of carbonyl (C=O) groups is 1. The first-order valence-corrected chi connectivity index (χ1v) is 8.56. The van der Waals surface area contributed by atoms with Crippen LogP contribution < -0.4 is 11.1 Å². The van der Waals surface area contributed by atoms with E-state index in [0.29, 0.717) is 12.2 Å². The maximum absolute atomic E-state index is 11.9. The third-order valence-electron chi connectivity index (χ3n) is 2.52. The number of nitrogens with one attached hydrogen (secondary N) is 1. The monoisotopic (exact) mass is 321 g/mol. The average molecular weight is 321 g/mol. The van der Waals surface area contributed by atoms with E-state index in [-0.39, 0.29) is 17.2 Å². The van der Waals surface area contributed by atoms with Gasteiger partial charge in [-0.2, -0.15) is 0 Å². The third-order valence-corrected chi connectivity index (χ3v) is 4.79. The van der Waals surface area contributed by atoms with Crippen LogP contribution in [-0.4, -0.2) is 28.3 Å². The molecule has 1 aromatic heterocycles. The van der Waals surface area contributed by atoms with Gasteiger partial charge in [-0.25, -0.2) is 4.98 Å². The van der Waals surface area contributed by atoms with Crippen LogP contribution in [0.3, 0.4) is 0 Å². The molecule has 0 radical (unpaired) electrons. The van der Waals surface area contributed by atoms with Gasteiger partial charge in [0.1, 0.15) is 10.8 Å². The number of nitrogen functional groups attached to an aromatic ring is 1. The van der Waals surface area contributed by atoms with Gasteiger partial charge < -0.3 is 16.2 Å². The van der Waals surface area contributed by atoms with Crippen molar-refractivity contribution >= 4 is 33.2 Å². The second kappa shape index (κ2) is 7.80. The van der Waals surface area contributed by atoms with Crippen LogP contribution in [0.25, 0.3) is 0 Å². The van der Waals surface area contributed by atoms with Gasteiger partial charge in [0.05, 0.1) is 5.56 Å². The lowest BCUT2D eigenvalue weighted by molar-refractivity contribution is 0.0953. The van der Waals surface area contributed by atoms with Crippen LogP contribution in [0.15, 0.2) is 47.6 Å². The largest absolute Gasteiger partial charge is 0.507 e. The number of phenols is 1. The predicted molar refractivity (Wildman–Crippen MR) is 87.4 cm³/mol. The number of aromatic nitrogens is 1. The van der Waals surface area contributed by atoms with E-state index in [4.69, 9.17) is 5.73 Å². The second-order valence-electron chi connectivity index (χ2n) is 4.11. The van der Waals surface area contributed by atoms with Crippen LogP contribution in [0.2, 0.25) is 0 Å². The summed E-state index contributed by atoms with van der Waals surface area (Å²) in [5, 5.41) is 13.3. The van der Waals surface area contributed by atoms with E-state index in [1.807, 2.05) is 18.2 Å². The summed E-state index contributed by atoms with van der Waals surface area (Å²) in [6, 6.07) is 10.2. The number of rotatable bonds is 6. The highest BCUT2D eigenvalue weighted by atomic mass is 33.1. The number of hydrogen-bond acceptors (Lipinski definition) is 6. The summed E-state index contributed by atoms with van der Waals surface area (Å²) in [5.41, 5.74) is 6.17. The maximum Gasteiger partial charge on any atom is 0.255 e. The van der Waals surface area contributed by atoms with Gasteiger partial charge >= 0.3 is 0 Å². The van der Waals surface area contributed by atoms with Gasteiger partial charge in [0, 0.05) is 30.2 Å². The molecule has 5 nitrogen and oxygen atoms in total. The van der Waals surface area contributed by atoms with Gasteiger partial charge in [-0.3, -0.25) is 4.79 Å². The molecule has 0 atom stereocenters. The van der Waals surface area contributed by atoms with Crippen molar-refractivity contribution in [2.45, 2.75) is 5.03 Å². The zero-order chi connectivity index (χ0) is 15.1. The van der Waals surface area contributed by atoms with Gasteiger partial charge in [-0.05, 0) is 35.1 Å². The maximum atomic E-state index is 11.9. The van der Waals surface area contributed by atoms with Gasteiger partial charge in [-0.15, -0.1) is 0 Å². The summed E-state index contributed by atoms with van der Waals surface area (Å²) in [4.78, 5) is 16.1. The SMILES string of the molecule is Nc1ccc(C(=O)NCCSSc2ccccn2)c(O)c1. The van der Waals surface area contributed by atoms with Gasteiger partial charge in [-0.1, -0.05) is 16.9 Å². The molecule has 7 heteroatoms. The number of nitrogens with two attached hydrogens (primary N) is 1. The summed E-state index contributed by atoms with van der Waals surface area (Å²) < 4.78 is 0. The highest BCUT2D eigenvalue weighted by Crippen LogP contribution is 2.28. The summed E-state index contributed by atoms with van der Waals surface area (Å²) in [6.07, 6.45) is 1.74. The first kappa shape index (κ1) is 15.5. The molecular weight excluding hydrogens is 306 g/mol. The molecule has 1 amide bonds. The van der Waals surface area contributed by atoms with E-state index in [9.17, 15) is 9.90 Å². The first-order chi connectivity index (χ1) is 10.2. The molecule has 1 aromatic carbocycles. The Balaban J connectivity index is 1.72. The fourth-order valence-corrected chi connectivity index (χ4v) is 3.33. The molecule has 110 valence electrons. The van der Waals surface area contributed by atoms with Crippen molar-refractivity contribution in [1.82, 2.24) is 10.3 Å². The minimum absolute atomic E-state index is 0.108. The zero-order valence-electron chi connectivity index (χ0n) is 11.2. The highest BCUT2D eigenvalue weighted by Gasteiger charge is 2.10. The molecule has 0 aliphatic rings. The molecule has 0 unspecified atom stereocenters. The number of carbonyl (C=O) groups excluding carboxylic acids is 1. The van der Waals surface area contributed by atoms with Crippen LogP contribution >= 0.6 is 21.6 Å². The molecule has 0 spiro atoms. The summed E-state index contributed by atoms with van der Waals surface area (Å²) in [5.74, 6) is 0.321. The molecule has 0 aliphatic heterocycles. The van der Waals surface area contributed by atoms with Crippen LogP contribution in [0.4, 0.5) is 5.69 Å². The van der Waals surface area contributed by atoms with Crippen LogP contribution in [-0.2, 0) is 0 Å². The quantitative estimate of drug-likeness (QED) is 0.430. The molecule has 1 heterocycles. The molecule has 2 rings (SSSR count). The minimum atomic E-state index is -0.309. The number of hydrogen-bond donors (Lipinski definition) is 3. The Kier molecular flexibility index (Phi) is 5.77. The summed E-state index contributed by atoms with van der Waals surface area (Å²) in [6.45, 7) is 0.507. The number of benzene rings is 1. The molecule has 0 bridgehead atoms. The molecule has 21 heavy (non-hydrogen) atoms. The fraction of sp³-hybridized carbons (Fsp3) is 0.143. The third kappa shape index (κ3) is 4.87. The Bertz CT molecular complexity index is 608.